The van der Waals surface area contributed by atoms with E-state index in [4.69, 9.17) is 4.52 Å². The second-order valence-corrected chi connectivity index (χ2v) is 10.4. The third-order valence-electron chi connectivity index (χ3n) is 6.57. The minimum atomic E-state index is -2.50. The quantitative estimate of drug-likeness (QED) is 0.723. The molecule has 1 unspecified atom stereocenters. The molecule has 4 rings (SSSR count). The van der Waals surface area contributed by atoms with Crippen molar-refractivity contribution < 1.29 is 18.1 Å². The van der Waals surface area contributed by atoms with Gasteiger partial charge in [-0.1, -0.05) is 39.8 Å². The molecule has 1 fully saturated rings. The monoisotopic (exact) mass is 449 g/mol. The zero-order valence-corrected chi connectivity index (χ0v) is 19.4. The number of amides is 1. The fraction of sp³-hybridized carbons (Fsp3) is 0.696. The first-order valence-corrected chi connectivity index (χ1v) is 11.4. The van der Waals surface area contributed by atoms with Crippen molar-refractivity contribution in [3.8, 4) is 0 Å². The molecule has 7 nitrogen and oxygen atoms in total. The Hall–Kier alpha value is -2.45. The molecule has 2 aromatic rings. The number of nitrogens with zero attached hydrogens (tertiary/aromatic N) is 4. The first-order chi connectivity index (χ1) is 15.0. The zero-order valence-electron chi connectivity index (χ0n) is 19.4. The van der Waals surface area contributed by atoms with Crippen molar-refractivity contribution in [2.45, 2.75) is 83.7 Å². The molecule has 9 heteroatoms. The molecule has 3 atom stereocenters. The van der Waals surface area contributed by atoms with Crippen LogP contribution in [0, 0.1) is 5.92 Å². The number of rotatable bonds is 4. The number of likely N-dealkylation sites (tertiary alicyclic amines) is 1. The highest BCUT2D eigenvalue weighted by Gasteiger charge is 2.40. The van der Waals surface area contributed by atoms with Crippen LogP contribution in [0.1, 0.15) is 87.8 Å². The summed E-state index contributed by atoms with van der Waals surface area (Å²) in [6.07, 6.45) is -0.510. The number of piperidine rings is 1. The van der Waals surface area contributed by atoms with Gasteiger partial charge in [0.2, 0.25) is 0 Å². The summed E-state index contributed by atoms with van der Waals surface area (Å²) < 4.78 is 34.7. The number of carbonyl (C=O) groups is 1. The second-order valence-electron chi connectivity index (χ2n) is 10.4. The van der Waals surface area contributed by atoms with E-state index in [1.807, 2.05) is 40.7 Å². The standard InChI is InChI=1S/C23H33F2N5O2/c1-13(2)18-10-16(28-32-18)22(31)29-8-6-7-14(12-29)15-9-17(21(24)25)30-20(26-15)11-19(27-30)23(3,4)5/h10-11,13-15,17,21,26H,6-9,12H2,1-5H3/t14?,15-,17+/m0/s1. The Kier molecular flexibility index (Phi) is 6.02. The summed E-state index contributed by atoms with van der Waals surface area (Å²) >= 11 is 0. The van der Waals surface area contributed by atoms with E-state index in [-0.39, 0.29) is 35.6 Å². The van der Waals surface area contributed by atoms with Gasteiger partial charge in [-0.2, -0.15) is 5.10 Å². The maximum Gasteiger partial charge on any atom is 0.276 e. The Morgan fingerprint density at radius 3 is 2.66 bits per heavy atom. The average molecular weight is 450 g/mol. The first kappa shape index (κ1) is 22.7. The number of carbonyl (C=O) groups excluding carboxylic acids is 1. The summed E-state index contributed by atoms with van der Waals surface area (Å²) in [5.74, 6) is 1.38. The molecule has 1 saturated heterocycles. The summed E-state index contributed by atoms with van der Waals surface area (Å²) in [4.78, 5) is 14.8. The van der Waals surface area contributed by atoms with Gasteiger partial charge in [0.1, 0.15) is 17.6 Å². The summed E-state index contributed by atoms with van der Waals surface area (Å²) in [6, 6.07) is 2.47. The molecule has 2 aromatic heterocycles. The van der Waals surface area contributed by atoms with Gasteiger partial charge in [0.15, 0.2) is 5.69 Å². The molecule has 2 aliphatic rings. The van der Waals surface area contributed by atoms with Gasteiger partial charge in [-0.15, -0.1) is 0 Å². The van der Waals surface area contributed by atoms with Crippen molar-refractivity contribution in [2.24, 2.45) is 5.92 Å². The maximum atomic E-state index is 14.0. The number of aromatic nitrogens is 3. The molecular formula is C23H33F2N5O2. The van der Waals surface area contributed by atoms with Crippen LogP contribution in [0.5, 0.6) is 0 Å². The van der Waals surface area contributed by atoms with Crippen molar-refractivity contribution in [3.05, 3.63) is 29.3 Å². The van der Waals surface area contributed by atoms with Gasteiger partial charge < -0.3 is 14.7 Å². The van der Waals surface area contributed by atoms with Crippen molar-refractivity contribution >= 4 is 11.7 Å². The Morgan fingerprint density at radius 1 is 1.28 bits per heavy atom. The lowest BCUT2D eigenvalue weighted by atomic mass is 9.85. The van der Waals surface area contributed by atoms with Crippen molar-refractivity contribution in [3.63, 3.8) is 0 Å². The van der Waals surface area contributed by atoms with Crippen LogP contribution in [0.4, 0.5) is 14.6 Å². The van der Waals surface area contributed by atoms with Gasteiger partial charge in [0.05, 0.1) is 5.69 Å². The van der Waals surface area contributed by atoms with Crippen LogP contribution in [-0.4, -0.2) is 51.3 Å². The molecule has 1 amide bonds. The highest BCUT2D eigenvalue weighted by molar-refractivity contribution is 5.92. The van der Waals surface area contributed by atoms with Crippen molar-refractivity contribution in [1.29, 1.82) is 0 Å². The third-order valence-corrected chi connectivity index (χ3v) is 6.57. The van der Waals surface area contributed by atoms with Gasteiger partial charge in [-0.25, -0.2) is 13.5 Å². The van der Waals surface area contributed by atoms with Crippen LogP contribution in [-0.2, 0) is 5.41 Å². The molecule has 0 radical (unpaired) electrons. The van der Waals surface area contributed by atoms with Crippen LogP contribution in [0.25, 0.3) is 0 Å². The van der Waals surface area contributed by atoms with E-state index < -0.39 is 12.5 Å². The molecule has 0 saturated carbocycles. The van der Waals surface area contributed by atoms with E-state index in [0.717, 1.165) is 18.5 Å². The topological polar surface area (TPSA) is 76.2 Å². The Morgan fingerprint density at radius 2 is 2.03 bits per heavy atom. The average Bonchev–Trinajstić information content (AvgIpc) is 3.39. The number of nitrogens with one attached hydrogen (secondary N) is 1. The predicted molar refractivity (Wildman–Crippen MR) is 117 cm³/mol. The number of halogens is 2. The molecule has 32 heavy (non-hydrogen) atoms. The number of alkyl halides is 2. The normalized spacial score (nSPS) is 24.0. The lowest BCUT2D eigenvalue weighted by molar-refractivity contribution is 0.0500. The minimum Gasteiger partial charge on any atom is -0.367 e. The van der Waals surface area contributed by atoms with E-state index in [2.05, 4.69) is 15.6 Å². The molecule has 0 aromatic carbocycles. The molecule has 0 bridgehead atoms. The molecule has 176 valence electrons. The molecule has 0 aliphatic carbocycles. The van der Waals surface area contributed by atoms with Gasteiger partial charge in [0, 0.05) is 42.6 Å². The summed E-state index contributed by atoms with van der Waals surface area (Å²) in [5.41, 5.74) is 0.873. The summed E-state index contributed by atoms with van der Waals surface area (Å²) in [6.45, 7) is 11.2. The third kappa shape index (κ3) is 4.38. The van der Waals surface area contributed by atoms with Gasteiger partial charge >= 0.3 is 0 Å². The van der Waals surface area contributed by atoms with Crippen molar-refractivity contribution in [1.82, 2.24) is 19.8 Å². The molecule has 0 spiro atoms. The smallest absolute Gasteiger partial charge is 0.276 e. The van der Waals surface area contributed by atoms with E-state index in [1.54, 1.807) is 11.0 Å². The van der Waals surface area contributed by atoms with Crippen LogP contribution in [0.2, 0.25) is 0 Å². The number of hydrogen-bond donors (Lipinski definition) is 1. The summed E-state index contributed by atoms with van der Waals surface area (Å²) in [5, 5.41) is 11.9. The van der Waals surface area contributed by atoms with E-state index in [1.165, 1.54) is 4.68 Å². The van der Waals surface area contributed by atoms with Crippen LogP contribution in [0.15, 0.2) is 16.7 Å². The fourth-order valence-corrected chi connectivity index (χ4v) is 4.60. The van der Waals surface area contributed by atoms with Crippen LogP contribution in [0.3, 0.4) is 0 Å². The van der Waals surface area contributed by atoms with Crippen LogP contribution < -0.4 is 5.32 Å². The molecular weight excluding hydrogens is 416 g/mol. The SMILES string of the molecule is CC(C)c1cc(C(=O)N2CCCC([C@@H]3C[C@H](C(F)F)n4nc(C(C)(C)C)cc4N3)C2)no1. The first-order valence-electron chi connectivity index (χ1n) is 11.4. The lowest BCUT2D eigenvalue weighted by Gasteiger charge is -2.41. The van der Waals surface area contributed by atoms with E-state index in [0.29, 0.717) is 30.4 Å². The van der Waals surface area contributed by atoms with E-state index in [9.17, 15) is 13.6 Å². The number of fused-ring (bicyclic) bond motifs is 1. The Balaban J connectivity index is 1.51. The molecule has 1 N–H and O–H groups in total. The van der Waals surface area contributed by atoms with E-state index >= 15 is 0 Å². The predicted octanol–water partition coefficient (Wildman–Crippen LogP) is 4.83. The fourth-order valence-electron chi connectivity index (χ4n) is 4.60. The Labute approximate surface area is 187 Å². The van der Waals surface area contributed by atoms with Gasteiger partial charge in [-0.05, 0) is 25.2 Å². The van der Waals surface area contributed by atoms with Crippen molar-refractivity contribution in [2.75, 3.05) is 18.4 Å². The second kappa shape index (κ2) is 8.48. The van der Waals surface area contributed by atoms with Crippen LogP contribution >= 0.6 is 0 Å². The zero-order chi connectivity index (χ0) is 23.2. The number of anilines is 1. The lowest BCUT2D eigenvalue weighted by Crippen LogP contribution is -2.48. The number of hydrogen-bond acceptors (Lipinski definition) is 5. The largest absolute Gasteiger partial charge is 0.367 e. The Bertz CT molecular complexity index is 962. The molecule has 4 heterocycles. The van der Waals surface area contributed by atoms with Gasteiger partial charge in [-0.3, -0.25) is 4.79 Å². The highest BCUT2D eigenvalue weighted by atomic mass is 19.3. The maximum absolute atomic E-state index is 14.0. The van der Waals surface area contributed by atoms with Gasteiger partial charge in [0.25, 0.3) is 12.3 Å². The highest BCUT2D eigenvalue weighted by Crippen LogP contribution is 2.38. The minimum absolute atomic E-state index is 0.0761. The summed E-state index contributed by atoms with van der Waals surface area (Å²) in [7, 11) is 0. The molecule has 2 aliphatic heterocycles.